The van der Waals surface area contributed by atoms with E-state index in [1.54, 1.807) is 0 Å². The molecule has 0 radical (unpaired) electrons. The number of ether oxygens (including phenoxy) is 1. The minimum Gasteiger partial charge on any atom is -0.374 e. The van der Waals surface area contributed by atoms with Crippen LogP contribution in [0.3, 0.4) is 0 Å². The topological polar surface area (TPSA) is 9.23 Å². The molecule has 4 saturated carbocycles. The van der Waals surface area contributed by atoms with Gasteiger partial charge in [-0.2, -0.15) is 0 Å². The molecule has 0 saturated heterocycles. The van der Waals surface area contributed by atoms with Crippen molar-refractivity contribution < 1.29 is 4.74 Å². The van der Waals surface area contributed by atoms with Gasteiger partial charge in [-0.3, -0.25) is 0 Å². The highest BCUT2D eigenvalue weighted by Crippen LogP contribution is 2.58. The third-order valence-electron chi connectivity index (χ3n) is 7.18. The highest BCUT2D eigenvalue weighted by atomic mass is 16.5. The summed E-state index contributed by atoms with van der Waals surface area (Å²) in [5.74, 6) is 3.93. The maximum absolute atomic E-state index is 6.58. The Bertz CT molecular complexity index is 339. The predicted molar refractivity (Wildman–Crippen MR) is 73.3 cm³/mol. The molecule has 0 aromatic heterocycles. The minimum absolute atomic E-state index is 0.497. The van der Waals surface area contributed by atoms with Crippen LogP contribution in [0, 0.1) is 29.1 Å². The lowest BCUT2D eigenvalue weighted by atomic mass is 9.71. The Kier molecular flexibility index (Phi) is 2.60. The van der Waals surface area contributed by atoms with Crippen molar-refractivity contribution in [2.45, 2.75) is 77.4 Å². The molecule has 102 valence electrons. The summed E-state index contributed by atoms with van der Waals surface area (Å²) in [5, 5.41) is 0. The van der Waals surface area contributed by atoms with Crippen LogP contribution in [0.4, 0.5) is 0 Å². The smallest absolute Gasteiger partial charge is 0.0609 e. The summed E-state index contributed by atoms with van der Waals surface area (Å²) in [6.07, 6.45) is 12.8. The van der Waals surface area contributed by atoms with Crippen molar-refractivity contribution in [3.63, 3.8) is 0 Å². The molecule has 7 atom stereocenters. The molecular formula is C17H28O. The first kappa shape index (κ1) is 11.8. The third kappa shape index (κ3) is 1.62. The number of fused-ring (bicyclic) bond motifs is 4. The molecule has 4 aliphatic carbocycles. The average molecular weight is 248 g/mol. The van der Waals surface area contributed by atoms with Crippen LogP contribution in [0.2, 0.25) is 0 Å². The lowest BCUT2D eigenvalue weighted by molar-refractivity contribution is -0.103. The third-order valence-corrected chi connectivity index (χ3v) is 7.18. The van der Waals surface area contributed by atoms with E-state index < -0.39 is 0 Å². The van der Waals surface area contributed by atoms with E-state index in [-0.39, 0.29) is 0 Å². The molecule has 0 aromatic rings. The van der Waals surface area contributed by atoms with E-state index in [0.29, 0.717) is 17.6 Å². The SMILES string of the molecule is CC(OC1CC2CCC1C2)C1(C)CC2CCC1C2. The molecule has 4 aliphatic rings. The fourth-order valence-electron chi connectivity index (χ4n) is 5.92. The molecule has 4 bridgehead atoms. The van der Waals surface area contributed by atoms with Gasteiger partial charge in [-0.1, -0.05) is 13.3 Å². The fourth-order valence-corrected chi connectivity index (χ4v) is 5.92. The molecule has 0 heterocycles. The van der Waals surface area contributed by atoms with Crippen LogP contribution in [0.15, 0.2) is 0 Å². The number of hydrogen-bond acceptors (Lipinski definition) is 1. The van der Waals surface area contributed by atoms with Crippen LogP contribution in [0.25, 0.3) is 0 Å². The van der Waals surface area contributed by atoms with Crippen molar-refractivity contribution in [3.05, 3.63) is 0 Å². The maximum Gasteiger partial charge on any atom is 0.0609 e. The van der Waals surface area contributed by atoms with E-state index in [1.165, 1.54) is 51.4 Å². The number of hydrogen-bond donors (Lipinski definition) is 0. The summed E-state index contributed by atoms with van der Waals surface area (Å²) in [6.45, 7) is 4.90. The van der Waals surface area contributed by atoms with Gasteiger partial charge >= 0.3 is 0 Å². The molecular weight excluding hydrogens is 220 g/mol. The van der Waals surface area contributed by atoms with Gasteiger partial charge in [0.05, 0.1) is 12.2 Å². The minimum atomic E-state index is 0.497. The Morgan fingerprint density at radius 1 is 1.00 bits per heavy atom. The molecule has 4 fully saturated rings. The average Bonchev–Trinajstić information content (AvgIpc) is 3.07. The van der Waals surface area contributed by atoms with Crippen LogP contribution < -0.4 is 0 Å². The Balaban J connectivity index is 1.43. The molecule has 1 heteroatoms. The highest BCUT2D eigenvalue weighted by Gasteiger charge is 2.52. The normalized spacial score (nSPS) is 55.3. The largest absolute Gasteiger partial charge is 0.374 e. The Morgan fingerprint density at radius 2 is 1.83 bits per heavy atom. The zero-order chi connectivity index (χ0) is 12.3. The maximum atomic E-state index is 6.58. The van der Waals surface area contributed by atoms with E-state index in [4.69, 9.17) is 4.74 Å². The Morgan fingerprint density at radius 3 is 2.39 bits per heavy atom. The second-order valence-electron chi connectivity index (χ2n) is 8.08. The molecule has 0 N–H and O–H groups in total. The van der Waals surface area contributed by atoms with Gasteiger partial charge < -0.3 is 4.74 Å². The molecule has 0 aliphatic heterocycles. The van der Waals surface area contributed by atoms with Gasteiger partial charge in [0, 0.05) is 0 Å². The summed E-state index contributed by atoms with van der Waals surface area (Å²) in [5.41, 5.74) is 0.505. The van der Waals surface area contributed by atoms with Gasteiger partial charge in [0.1, 0.15) is 0 Å². The van der Waals surface area contributed by atoms with Crippen LogP contribution >= 0.6 is 0 Å². The van der Waals surface area contributed by atoms with Crippen molar-refractivity contribution in [1.29, 1.82) is 0 Å². The summed E-state index contributed by atoms with van der Waals surface area (Å²) >= 11 is 0. The van der Waals surface area contributed by atoms with Crippen molar-refractivity contribution in [3.8, 4) is 0 Å². The highest BCUT2D eigenvalue weighted by molar-refractivity contribution is 5.02. The van der Waals surface area contributed by atoms with E-state index in [0.717, 1.165) is 23.7 Å². The van der Waals surface area contributed by atoms with Gasteiger partial charge in [-0.25, -0.2) is 0 Å². The van der Waals surface area contributed by atoms with Gasteiger partial charge in [0.15, 0.2) is 0 Å². The zero-order valence-corrected chi connectivity index (χ0v) is 12.0. The van der Waals surface area contributed by atoms with Crippen molar-refractivity contribution in [2.75, 3.05) is 0 Å². The summed E-state index contributed by atoms with van der Waals surface area (Å²) in [6, 6.07) is 0. The molecule has 0 amide bonds. The predicted octanol–water partition coefficient (Wildman–Crippen LogP) is 4.41. The lowest BCUT2D eigenvalue weighted by Crippen LogP contribution is -2.40. The molecule has 0 aromatic carbocycles. The molecule has 1 nitrogen and oxygen atoms in total. The van der Waals surface area contributed by atoms with Crippen molar-refractivity contribution >= 4 is 0 Å². The first-order chi connectivity index (χ1) is 8.65. The van der Waals surface area contributed by atoms with Gasteiger partial charge in [-0.15, -0.1) is 0 Å². The molecule has 7 unspecified atom stereocenters. The Hall–Kier alpha value is -0.0400. The van der Waals surface area contributed by atoms with E-state index in [1.807, 2.05) is 0 Å². The molecule has 4 rings (SSSR count). The van der Waals surface area contributed by atoms with E-state index in [9.17, 15) is 0 Å². The van der Waals surface area contributed by atoms with Crippen LogP contribution in [-0.4, -0.2) is 12.2 Å². The summed E-state index contributed by atoms with van der Waals surface area (Å²) in [4.78, 5) is 0. The van der Waals surface area contributed by atoms with Crippen molar-refractivity contribution in [2.24, 2.45) is 29.1 Å². The van der Waals surface area contributed by atoms with Crippen molar-refractivity contribution in [1.82, 2.24) is 0 Å². The Labute approximate surface area is 112 Å². The van der Waals surface area contributed by atoms with Crippen LogP contribution in [0.5, 0.6) is 0 Å². The monoisotopic (exact) mass is 248 g/mol. The second kappa shape index (κ2) is 3.98. The van der Waals surface area contributed by atoms with E-state index >= 15 is 0 Å². The van der Waals surface area contributed by atoms with Gasteiger partial charge in [-0.05, 0) is 81.0 Å². The fraction of sp³-hybridized carbons (Fsp3) is 1.00. The molecule has 18 heavy (non-hydrogen) atoms. The lowest BCUT2D eigenvalue weighted by Gasteiger charge is -2.41. The first-order valence-corrected chi connectivity index (χ1v) is 8.30. The summed E-state index contributed by atoms with van der Waals surface area (Å²) < 4.78 is 6.58. The first-order valence-electron chi connectivity index (χ1n) is 8.30. The summed E-state index contributed by atoms with van der Waals surface area (Å²) in [7, 11) is 0. The van der Waals surface area contributed by atoms with Crippen LogP contribution in [0.1, 0.15) is 65.2 Å². The van der Waals surface area contributed by atoms with Gasteiger partial charge in [0.25, 0.3) is 0 Å². The standard InChI is InChI=1S/C17H28O/c1-11(17(2)10-13-4-6-15(17)8-13)18-16-9-12-3-5-14(16)7-12/h11-16H,3-10H2,1-2H3. The second-order valence-corrected chi connectivity index (χ2v) is 8.08. The molecule has 0 spiro atoms. The van der Waals surface area contributed by atoms with Crippen LogP contribution in [-0.2, 0) is 4.74 Å². The van der Waals surface area contributed by atoms with E-state index in [2.05, 4.69) is 13.8 Å². The van der Waals surface area contributed by atoms with Gasteiger partial charge in [0.2, 0.25) is 0 Å². The quantitative estimate of drug-likeness (QED) is 0.719. The number of rotatable bonds is 3. The zero-order valence-electron chi connectivity index (χ0n) is 12.0.